The molecule has 0 fully saturated rings. The first-order chi connectivity index (χ1) is 8.95. The first-order valence-electron chi connectivity index (χ1n) is 6.01. The lowest BCUT2D eigenvalue weighted by molar-refractivity contribution is -0.141. The molecule has 19 heavy (non-hydrogen) atoms. The number of anilines is 1. The molecule has 1 amide bonds. The summed E-state index contributed by atoms with van der Waals surface area (Å²) < 4.78 is 13.5. The van der Waals surface area contributed by atoms with E-state index in [0.717, 1.165) is 6.07 Å². The molecule has 0 saturated heterocycles. The highest BCUT2D eigenvalue weighted by atomic mass is 19.1. The molecule has 0 spiro atoms. The zero-order valence-electron chi connectivity index (χ0n) is 10.6. The van der Waals surface area contributed by atoms with E-state index in [1.165, 1.54) is 12.1 Å². The molecule has 1 rings (SSSR count). The van der Waals surface area contributed by atoms with Crippen molar-refractivity contribution < 1.29 is 19.1 Å². The van der Waals surface area contributed by atoms with Crippen molar-refractivity contribution >= 4 is 17.6 Å². The molecule has 0 bridgehead atoms. The molecule has 1 aromatic rings. The fourth-order valence-electron chi connectivity index (χ4n) is 1.69. The Morgan fingerprint density at radius 3 is 2.68 bits per heavy atom. The van der Waals surface area contributed by atoms with Crippen molar-refractivity contribution in [2.75, 3.05) is 12.3 Å². The van der Waals surface area contributed by atoms with Crippen molar-refractivity contribution in [3.63, 3.8) is 0 Å². The Kier molecular flexibility index (Phi) is 5.29. The van der Waals surface area contributed by atoms with Gasteiger partial charge < -0.3 is 16.2 Å². The van der Waals surface area contributed by atoms with E-state index in [2.05, 4.69) is 5.32 Å². The van der Waals surface area contributed by atoms with Crippen LogP contribution in [0.4, 0.5) is 10.1 Å². The summed E-state index contributed by atoms with van der Waals surface area (Å²) >= 11 is 0. The number of amides is 1. The van der Waals surface area contributed by atoms with E-state index in [1.807, 2.05) is 6.92 Å². The van der Waals surface area contributed by atoms with E-state index in [-0.39, 0.29) is 17.8 Å². The van der Waals surface area contributed by atoms with Crippen LogP contribution in [0.1, 0.15) is 30.1 Å². The van der Waals surface area contributed by atoms with Gasteiger partial charge in [-0.1, -0.05) is 13.3 Å². The number of benzene rings is 1. The quantitative estimate of drug-likeness (QED) is 0.684. The van der Waals surface area contributed by atoms with Crippen LogP contribution in [-0.2, 0) is 4.79 Å². The summed E-state index contributed by atoms with van der Waals surface area (Å²) in [5, 5.41) is 11.4. The topological polar surface area (TPSA) is 92.4 Å². The zero-order valence-corrected chi connectivity index (χ0v) is 10.6. The summed E-state index contributed by atoms with van der Waals surface area (Å²) in [6.45, 7) is 1.84. The third-order valence-corrected chi connectivity index (χ3v) is 2.73. The highest BCUT2D eigenvalue weighted by molar-refractivity contribution is 5.95. The third kappa shape index (κ3) is 4.24. The summed E-state index contributed by atoms with van der Waals surface area (Å²) in [4.78, 5) is 22.6. The van der Waals surface area contributed by atoms with Crippen LogP contribution >= 0.6 is 0 Å². The van der Waals surface area contributed by atoms with Gasteiger partial charge in [0.1, 0.15) is 5.82 Å². The third-order valence-electron chi connectivity index (χ3n) is 2.73. The molecule has 1 atom stereocenters. The predicted molar refractivity (Wildman–Crippen MR) is 69.2 cm³/mol. The number of nitrogens with two attached hydrogens (primary N) is 1. The van der Waals surface area contributed by atoms with E-state index < -0.39 is 23.6 Å². The summed E-state index contributed by atoms with van der Waals surface area (Å²) in [5.74, 6) is -2.99. The molecule has 5 nitrogen and oxygen atoms in total. The number of hydrogen-bond acceptors (Lipinski definition) is 3. The number of nitrogen functional groups attached to an aromatic ring is 1. The second kappa shape index (κ2) is 6.72. The molecule has 6 heteroatoms. The van der Waals surface area contributed by atoms with Crippen LogP contribution in [0.2, 0.25) is 0 Å². The lowest BCUT2D eigenvalue weighted by atomic mass is 10.0. The molecule has 0 aliphatic rings. The molecule has 104 valence electrons. The first kappa shape index (κ1) is 14.9. The van der Waals surface area contributed by atoms with Gasteiger partial charge in [-0.3, -0.25) is 9.59 Å². The zero-order chi connectivity index (χ0) is 14.4. The van der Waals surface area contributed by atoms with Gasteiger partial charge in [0.2, 0.25) is 0 Å². The minimum atomic E-state index is -0.972. The number of rotatable bonds is 6. The van der Waals surface area contributed by atoms with Crippen LogP contribution < -0.4 is 11.1 Å². The van der Waals surface area contributed by atoms with E-state index in [9.17, 15) is 14.0 Å². The highest BCUT2D eigenvalue weighted by Gasteiger charge is 2.18. The van der Waals surface area contributed by atoms with Gasteiger partial charge in [0, 0.05) is 12.2 Å². The maximum atomic E-state index is 13.5. The number of halogens is 1. The van der Waals surface area contributed by atoms with E-state index in [0.29, 0.717) is 12.8 Å². The molecule has 4 N–H and O–H groups in total. The van der Waals surface area contributed by atoms with Crippen LogP contribution in [0, 0.1) is 11.7 Å². The maximum Gasteiger partial charge on any atom is 0.308 e. The van der Waals surface area contributed by atoms with Gasteiger partial charge >= 0.3 is 5.97 Å². The van der Waals surface area contributed by atoms with Crippen LogP contribution in [0.15, 0.2) is 18.2 Å². The first-order valence-corrected chi connectivity index (χ1v) is 6.01. The Hall–Kier alpha value is -2.11. The molecule has 1 aromatic carbocycles. The smallest absolute Gasteiger partial charge is 0.308 e. The van der Waals surface area contributed by atoms with Gasteiger partial charge in [-0.05, 0) is 24.6 Å². The second-order valence-corrected chi connectivity index (χ2v) is 4.27. The fourth-order valence-corrected chi connectivity index (χ4v) is 1.69. The normalized spacial score (nSPS) is 11.9. The number of nitrogens with one attached hydrogen (secondary N) is 1. The van der Waals surface area contributed by atoms with E-state index >= 15 is 0 Å². The van der Waals surface area contributed by atoms with Crippen LogP contribution in [0.5, 0.6) is 0 Å². The van der Waals surface area contributed by atoms with Crippen molar-refractivity contribution in [2.24, 2.45) is 5.92 Å². The average molecular weight is 268 g/mol. The summed E-state index contributed by atoms with van der Waals surface area (Å²) in [7, 11) is 0. The number of aliphatic carboxylic acids is 1. The van der Waals surface area contributed by atoms with Crippen molar-refractivity contribution in [2.45, 2.75) is 19.8 Å². The minimum Gasteiger partial charge on any atom is -0.481 e. The van der Waals surface area contributed by atoms with Crippen molar-refractivity contribution in [3.05, 3.63) is 29.6 Å². The lowest BCUT2D eigenvalue weighted by Crippen LogP contribution is -2.33. The Balaban J connectivity index is 2.66. The molecule has 0 saturated carbocycles. The number of hydrogen-bond donors (Lipinski definition) is 3. The Labute approximate surface area is 110 Å². The lowest BCUT2D eigenvalue weighted by Gasteiger charge is -2.12. The number of carbonyl (C=O) groups excluding carboxylic acids is 1. The maximum absolute atomic E-state index is 13.5. The average Bonchev–Trinajstić information content (AvgIpc) is 2.33. The van der Waals surface area contributed by atoms with Crippen LogP contribution in [0.3, 0.4) is 0 Å². The Morgan fingerprint density at radius 2 is 2.16 bits per heavy atom. The standard InChI is InChI=1S/C13H17FN2O3/c1-2-3-8(13(18)19)7-16-12(17)10-5-4-9(15)6-11(10)14/h4-6,8H,2-3,7,15H2,1H3,(H,16,17)(H,18,19). The molecular weight excluding hydrogens is 251 g/mol. The van der Waals surface area contributed by atoms with Gasteiger partial charge in [-0.15, -0.1) is 0 Å². The number of carboxylic acid groups (broad SMARTS) is 1. The molecule has 0 aromatic heterocycles. The molecule has 0 aliphatic carbocycles. The second-order valence-electron chi connectivity index (χ2n) is 4.27. The molecule has 0 heterocycles. The van der Waals surface area contributed by atoms with E-state index in [1.54, 1.807) is 0 Å². The monoisotopic (exact) mass is 268 g/mol. The SMILES string of the molecule is CCCC(CNC(=O)c1ccc(N)cc1F)C(=O)O. The Morgan fingerprint density at radius 1 is 1.47 bits per heavy atom. The van der Waals surface area contributed by atoms with Gasteiger partial charge in [0.25, 0.3) is 5.91 Å². The number of carboxylic acids is 1. The largest absolute Gasteiger partial charge is 0.481 e. The molecule has 1 unspecified atom stereocenters. The molecular formula is C13H17FN2O3. The van der Waals surface area contributed by atoms with E-state index in [4.69, 9.17) is 10.8 Å². The molecule has 0 radical (unpaired) electrons. The van der Waals surface area contributed by atoms with Crippen LogP contribution in [0.25, 0.3) is 0 Å². The van der Waals surface area contributed by atoms with Crippen molar-refractivity contribution in [3.8, 4) is 0 Å². The van der Waals surface area contributed by atoms with Crippen molar-refractivity contribution in [1.29, 1.82) is 0 Å². The fraction of sp³-hybridized carbons (Fsp3) is 0.385. The highest BCUT2D eigenvalue weighted by Crippen LogP contribution is 2.12. The summed E-state index contributed by atoms with van der Waals surface area (Å²) in [6.07, 6.45) is 1.16. The Bertz CT molecular complexity index is 477. The van der Waals surface area contributed by atoms with Gasteiger partial charge in [-0.25, -0.2) is 4.39 Å². The summed E-state index contributed by atoms with van der Waals surface area (Å²) in [6, 6.07) is 3.74. The predicted octanol–water partition coefficient (Wildman–Crippen LogP) is 1.64. The van der Waals surface area contributed by atoms with Crippen LogP contribution in [-0.4, -0.2) is 23.5 Å². The summed E-state index contributed by atoms with van der Waals surface area (Å²) in [5.41, 5.74) is 5.46. The van der Waals surface area contributed by atoms with Gasteiger partial charge in [0.05, 0.1) is 11.5 Å². The van der Waals surface area contributed by atoms with Gasteiger partial charge in [-0.2, -0.15) is 0 Å². The molecule has 0 aliphatic heterocycles. The van der Waals surface area contributed by atoms with Crippen molar-refractivity contribution in [1.82, 2.24) is 5.32 Å². The van der Waals surface area contributed by atoms with Gasteiger partial charge in [0.15, 0.2) is 0 Å². The minimum absolute atomic E-state index is 0.0220. The number of carbonyl (C=O) groups is 2.